The second-order valence-corrected chi connectivity index (χ2v) is 10.6. The number of rotatable bonds is 5. The lowest BCUT2D eigenvalue weighted by Crippen LogP contribution is -2.38. The van der Waals surface area contributed by atoms with Crippen molar-refractivity contribution < 1.29 is 4.79 Å². The van der Waals surface area contributed by atoms with Crippen molar-refractivity contribution >= 4 is 28.5 Å². The molecule has 8 heteroatoms. The molecule has 1 fully saturated rings. The van der Waals surface area contributed by atoms with E-state index in [1.807, 2.05) is 18.2 Å². The fourth-order valence-corrected chi connectivity index (χ4v) is 5.47. The molecule has 1 aliphatic rings. The van der Waals surface area contributed by atoms with E-state index in [-0.39, 0.29) is 5.91 Å². The number of halogens is 1. The Labute approximate surface area is 224 Å². The van der Waals surface area contributed by atoms with Gasteiger partial charge in [0.1, 0.15) is 0 Å². The van der Waals surface area contributed by atoms with Crippen molar-refractivity contribution in [3.05, 3.63) is 75.1 Å². The minimum Gasteiger partial charge on any atom is -0.352 e. The van der Waals surface area contributed by atoms with Gasteiger partial charge in [0.25, 0.3) is 5.91 Å². The van der Waals surface area contributed by atoms with Crippen LogP contribution in [0.5, 0.6) is 0 Å². The summed E-state index contributed by atoms with van der Waals surface area (Å²) in [5, 5.41) is 0.345. The normalized spacial score (nSPS) is 13.7. The third kappa shape index (κ3) is 5.63. The summed E-state index contributed by atoms with van der Waals surface area (Å²) in [6, 6.07) is 10.2. The molecule has 5 rings (SSSR count). The topological polar surface area (TPSA) is 84.9 Å². The Kier molecular flexibility index (Phi) is 8.14. The molecule has 3 N–H and O–H groups in total. The van der Waals surface area contributed by atoms with Crippen molar-refractivity contribution in [3.63, 3.8) is 0 Å². The Morgan fingerprint density at radius 2 is 1.62 bits per heavy atom. The first kappa shape index (κ1) is 27.0. The summed E-state index contributed by atoms with van der Waals surface area (Å²) in [6.45, 7) is 9.71. The lowest BCUT2D eigenvalue weighted by atomic mass is 10.1. The van der Waals surface area contributed by atoms with Crippen molar-refractivity contribution in [2.75, 3.05) is 0 Å². The van der Waals surface area contributed by atoms with Gasteiger partial charge < -0.3 is 24.8 Å². The second kappa shape index (κ2) is 11.2. The van der Waals surface area contributed by atoms with Crippen molar-refractivity contribution in [2.45, 2.75) is 72.5 Å². The first-order valence-corrected chi connectivity index (χ1v) is 13.4. The second-order valence-electron chi connectivity index (χ2n) is 10.2. The van der Waals surface area contributed by atoms with Crippen LogP contribution in [0.3, 0.4) is 0 Å². The molecule has 0 atom stereocenters. The number of carbonyl (C=O) groups excluding carboxylic acids is 1. The van der Waals surface area contributed by atoms with E-state index >= 15 is 0 Å². The highest BCUT2D eigenvalue weighted by Gasteiger charge is 2.28. The molecular formula is C29H39ClN6O. The fourth-order valence-electron chi connectivity index (χ4n) is 5.28. The zero-order valence-electron chi connectivity index (χ0n) is 22.9. The molecular weight excluding hydrogens is 484 g/mol. The van der Waals surface area contributed by atoms with Crippen LogP contribution in [0.2, 0.25) is 5.28 Å². The van der Waals surface area contributed by atoms with E-state index in [0.29, 0.717) is 30.0 Å². The molecule has 7 nitrogen and oxygen atoms in total. The highest BCUT2D eigenvalue weighted by molar-refractivity contribution is 6.29. The number of aromatic amines is 1. The smallest absolute Gasteiger partial charge is 0.254 e. The largest absolute Gasteiger partial charge is 0.352 e. The van der Waals surface area contributed by atoms with Crippen LogP contribution < -0.4 is 5.73 Å². The minimum atomic E-state index is 0.0791. The van der Waals surface area contributed by atoms with Crippen molar-refractivity contribution in [3.8, 4) is 0 Å². The maximum Gasteiger partial charge on any atom is 0.254 e. The van der Waals surface area contributed by atoms with Crippen LogP contribution >= 0.6 is 11.6 Å². The monoisotopic (exact) mass is 522 g/mol. The molecule has 1 saturated carbocycles. The molecule has 198 valence electrons. The third-order valence-electron chi connectivity index (χ3n) is 8.05. The van der Waals surface area contributed by atoms with Gasteiger partial charge >= 0.3 is 0 Å². The van der Waals surface area contributed by atoms with Gasteiger partial charge in [0.05, 0.1) is 11.0 Å². The maximum absolute atomic E-state index is 13.4. The van der Waals surface area contributed by atoms with Crippen LogP contribution in [0.25, 0.3) is 11.0 Å². The van der Waals surface area contributed by atoms with Gasteiger partial charge in [-0.05, 0) is 93.6 Å². The minimum absolute atomic E-state index is 0.0791. The molecule has 3 heterocycles. The molecule has 3 aromatic heterocycles. The molecule has 0 bridgehead atoms. The summed E-state index contributed by atoms with van der Waals surface area (Å²) >= 11 is 5.96. The lowest BCUT2D eigenvalue weighted by Gasteiger charge is -2.29. The maximum atomic E-state index is 13.4. The highest BCUT2D eigenvalue weighted by atomic mass is 35.5. The van der Waals surface area contributed by atoms with Crippen LogP contribution in [-0.4, -0.2) is 36.0 Å². The molecule has 37 heavy (non-hydrogen) atoms. The Morgan fingerprint density at radius 1 is 1.03 bits per heavy atom. The summed E-state index contributed by atoms with van der Waals surface area (Å²) in [4.78, 5) is 22.7. The van der Waals surface area contributed by atoms with Gasteiger partial charge in [0.2, 0.25) is 5.28 Å². The quantitative estimate of drug-likeness (QED) is 0.344. The van der Waals surface area contributed by atoms with E-state index in [1.165, 1.54) is 46.7 Å². The van der Waals surface area contributed by atoms with Gasteiger partial charge in [0.15, 0.2) is 0 Å². The number of nitrogens with two attached hydrogens (primary N) is 1. The van der Waals surface area contributed by atoms with E-state index < -0.39 is 0 Å². The van der Waals surface area contributed by atoms with Gasteiger partial charge in [-0.1, -0.05) is 12.8 Å². The van der Waals surface area contributed by atoms with Gasteiger partial charge in [-0.15, -0.1) is 0 Å². The molecule has 0 unspecified atom stereocenters. The van der Waals surface area contributed by atoms with Crippen LogP contribution in [0, 0.1) is 27.7 Å². The summed E-state index contributed by atoms with van der Waals surface area (Å²) in [7, 11) is 4.13. The van der Waals surface area contributed by atoms with E-state index in [0.717, 1.165) is 23.9 Å². The Bertz CT molecular complexity index is 1410. The van der Waals surface area contributed by atoms with Crippen LogP contribution in [-0.2, 0) is 27.2 Å². The summed E-state index contributed by atoms with van der Waals surface area (Å²) < 4.78 is 4.34. The number of carbonyl (C=O) groups is 1. The zero-order chi connectivity index (χ0) is 26.9. The molecule has 1 aromatic carbocycles. The predicted octanol–water partition coefficient (Wildman–Crippen LogP) is 5.86. The highest BCUT2D eigenvalue weighted by Crippen LogP contribution is 2.28. The Balaban J connectivity index is 0.000000270. The predicted molar refractivity (Wildman–Crippen MR) is 151 cm³/mol. The van der Waals surface area contributed by atoms with E-state index in [9.17, 15) is 4.79 Å². The molecule has 1 aliphatic carbocycles. The number of hydrogen-bond acceptors (Lipinski definition) is 3. The molecule has 4 aromatic rings. The standard InChI is InChI=1S/C21H25ClN4O.C8H14N2/c1-13-10-16(14(2)25(13)3)12-26(17-6-4-5-7-17)20(27)15-8-9-18-19(11-15)24-21(22)23-18;1-6-4-8(5-9)7(2)10(6)3/h8-11,17H,4-7,12H2,1-3H3,(H,23,24);4H,5,9H2,1-3H3. The Hall–Kier alpha value is -3.03. The summed E-state index contributed by atoms with van der Waals surface area (Å²) in [6.07, 6.45) is 4.54. The molecule has 0 spiro atoms. The number of nitrogens with zero attached hydrogens (tertiary/aromatic N) is 4. The summed E-state index contributed by atoms with van der Waals surface area (Å²) in [5.74, 6) is 0.0791. The first-order valence-electron chi connectivity index (χ1n) is 13.0. The first-order chi connectivity index (χ1) is 17.6. The van der Waals surface area contributed by atoms with E-state index in [2.05, 4.69) is 77.9 Å². The zero-order valence-corrected chi connectivity index (χ0v) is 23.6. The molecule has 1 amide bonds. The number of benzene rings is 1. The van der Waals surface area contributed by atoms with Crippen LogP contribution in [0.1, 0.15) is 69.9 Å². The molecule has 0 aliphatic heterocycles. The van der Waals surface area contributed by atoms with Crippen LogP contribution in [0.4, 0.5) is 0 Å². The van der Waals surface area contributed by atoms with Gasteiger partial charge in [-0.3, -0.25) is 4.79 Å². The molecule has 0 radical (unpaired) electrons. The Morgan fingerprint density at radius 3 is 2.14 bits per heavy atom. The van der Waals surface area contributed by atoms with Gasteiger partial charge in [-0.2, -0.15) is 0 Å². The number of aryl methyl sites for hydroxylation is 2. The van der Waals surface area contributed by atoms with Gasteiger partial charge in [-0.25, -0.2) is 4.98 Å². The van der Waals surface area contributed by atoms with Crippen molar-refractivity contribution in [2.24, 2.45) is 19.8 Å². The number of nitrogens with one attached hydrogen (secondary N) is 1. The number of fused-ring (bicyclic) bond motifs is 1. The average molecular weight is 523 g/mol. The third-order valence-corrected chi connectivity index (χ3v) is 8.23. The average Bonchev–Trinajstić information content (AvgIpc) is 3.64. The van der Waals surface area contributed by atoms with Gasteiger partial charge in [0, 0.05) is 61.6 Å². The number of imidazole rings is 1. The fraction of sp³-hybridized carbons (Fsp3) is 0.448. The summed E-state index contributed by atoms with van der Waals surface area (Å²) in [5.41, 5.74) is 15.2. The SMILES string of the molecule is Cc1cc(CN(C(=O)c2ccc3nc(Cl)[nH]c3c2)C2CCCC2)c(C)n1C.Cc1cc(CN)c(C)n1C. The van der Waals surface area contributed by atoms with Crippen molar-refractivity contribution in [1.82, 2.24) is 24.0 Å². The number of hydrogen-bond donors (Lipinski definition) is 2. The lowest BCUT2D eigenvalue weighted by molar-refractivity contribution is 0.0664. The van der Waals surface area contributed by atoms with E-state index in [4.69, 9.17) is 17.3 Å². The number of aromatic nitrogens is 4. The van der Waals surface area contributed by atoms with Crippen molar-refractivity contribution in [1.29, 1.82) is 0 Å². The van der Waals surface area contributed by atoms with Crippen LogP contribution in [0.15, 0.2) is 30.3 Å². The number of H-pyrrole nitrogens is 1. The van der Waals surface area contributed by atoms with E-state index in [1.54, 1.807) is 0 Å². The number of amides is 1. The molecule has 0 saturated heterocycles.